The molecule has 0 bridgehead atoms. The molecule has 2 aliphatic rings. The molecule has 5 nitrogen and oxygen atoms in total. The van der Waals surface area contributed by atoms with Crippen LogP contribution >= 0.6 is 0 Å². The Morgan fingerprint density at radius 1 is 1.00 bits per heavy atom. The fraction of sp³-hybridized carbons (Fsp3) is 0.400. The van der Waals surface area contributed by atoms with Gasteiger partial charge in [-0.1, -0.05) is 0 Å². The van der Waals surface area contributed by atoms with Gasteiger partial charge in [0.25, 0.3) is 0 Å². The van der Waals surface area contributed by atoms with Crippen molar-refractivity contribution in [1.29, 1.82) is 0 Å². The van der Waals surface area contributed by atoms with Crippen molar-refractivity contribution in [2.24, 2.45) is 9.98 Å². The van der Waals surface area contributed by atoms with Crippen LogP contribution in [0.25, 0.3) is 0 Å². The summed E-state index contributed by atoms with van der Waals surface area (Å²) >= 11 is 0. The number of rotatable bonds is 4. The minimum absolute atomic E-state index is 0.405. The molecule has 0 saturated carbocycles. The lowest BCUT2D eigenvalue weighted by molar-refractivity contribution is 0.0904. The topological polar surface area (TPSA) is 52.4 Å². The second-order valence-corrected chi connectivity index (χ2v) is 2.97. The zero-order valence-corrected chi connectivity index (χ0v) is 8.26. The van der Waals surface area contributed by atoms with Crippen LogP contribution in [0.15, 0.2) is 33.9 Å². The second-order valence-electron chi connectivity index (χ2n) is 2.97. The lowest BCUT2D eigenvalue weighted by atomic mass is 10.5. The quantitative estimate of drug-likeness (QED) is 0.689. The summed E-state index contributed by atoms with van der Waals surface area (Å²) in [5, 5.41) is 0. The summed E-state index contributed by atoms with van der Waals surface area (Å²) in [6.07, 6.45) is 6.70. The Kier molecular flexibility index (Phi) is 3.51. The van der Waals surface area contributed by atoms with E-state index in [2.05, 4.69) is 9.98 Å². The van der Waals surface area contributed by atoms with E-state index in [4.69, 9.17) is 14.2 Å². The smallest absolute Gasteiger partial charge is 0.140 e. The van der Waals surface area contributed by atoms with Gasteiger partial charge in [0.15, 0.2) is 0 Å². The summed E-state index contributed by atoms with van der Waals surface area (Å²) in [4.78, 5) is 7.93. The third-order valence-electron chi connectivity index (χ3n) is 1.82. The summed E-state index contributed by atoms with van der Waals surface area (Å²) in [6, 6.07) is 0. The predicted molar refractivity (Wildman–Crippen MR) is 55.9 cm³/mol. The SMILES string of the molecule is C1=NC=C(COCC2=CN=CCO2)OC1. The van der Waals surface area contributed by atoms with Crippen LogP contribution in [-0.4, -0.2) is 38.9 Å². The molecule has 0 unspecified atom stereocenters. The average molecular weight is 208 g/mol. The highest BCUT2D eigenvalue weighted by Crippen LogP contribution is 2.06. The van der Waals surface area contributed by atoms with Gasteiger partial charge in [-0.25, -0.2) is 0 Å². The van der Waals surface area contributed by atoms with E-state index >= 15 is 0 Å². The van der Waals surface area contributed by atoms with Crippen molar-refractivity contribution < 1.29 is 14.2 Å². The van der Waals surface area contributed by atoms with E-state index in [0.29, 0.717) is 26.4 Å². The average Bonchev–Trinajstić information content (AvgIpc) is 2.32. The molecule has 2 heterocycles. The van der Waals surface area contributed by atoms with Crippen molar-refractivity contribution in [2.75, 3.05) is 26.4 Å². The van der Waals surface area contributed by atoms with E-state index in [1.807, 2.05) is 0 Å². The molecule has 0 aliphatic carbocycles. The number of hydrogen-bond donors (Lipinski definition) is 0. The van der Waals surface area contributed by atoms with Crippen LogP contribution < -0.4 is 0 Å². The monoisotopic (exact) mass is 208 g/mol. The zero-order chi connectivity index (χ0) is 10.3. The first kappa shape index (κ1) is 9.92. The normalized spacial score (nSPS) is 18.9. The van der Waals surface area contributed by atoms with Crippen LogP contribution in [0, 0.1) is 0 Å². The van der Waals surface area contributed by atoms with Crippen LogP contribution in [0.1, 0.15) is 0 Å². The molecule has 0 radical (unpaired) electrons. The third-order valence-corrected chi connectivity index (χ3v) is 1.82. The minimum atomic E-state index is 0.405. The summed E-state index contributed by atoms with van der Waals surface area (Å²) in [5.74, 6) is 1.47. The van der Waals surface area contributed by atoms with Gasteiger partial charge in [0.1, 0.15) is 37.9 Å². The maximum absolute atomic E-state index is 5.38. The van der Waals surface area contributed by atoms with Crippen molar-refractivity contribution in [2.45, 2.75) is 0 Å². The predicted octanol–water partition coefficient (Wildman–Crippen LogP) is 0.888. The van der Waals surface area contributed by atoms with Gasteiger partial charge >= 0.3 is 0 Å². The molecule has 0 N–H and O–H groups in total. The van der Waals surface area contributed by atoms with Gasteiger partial charge in [0, 0.05) is 12.4 Å². The van der Waals surface area contributed by atoms with Crippen LogP contribution in [0.3, 0.4) is 0 Å². The number of nitrogens with zero attached hydrogens (tertiary/aromatic N) is 2. The molecular weight excluding hydrogens is 196 g/mol. The van der Waals surface area contributed by atoms with Gasteiger partial charge in [-0.3, -0.25) is 9.98 Å². The standard InChI is InChI=1S/C10H12N2O3/c1-3-14-9(5-11-1)7-13-8-10-6-12-2-4-15-10/h1-2,5-6H,3-4,7-8H2. The van der Waals surface area contributed by atoms with E-state index < -0.39 is 0 Å². The van der Waals surface area contributed by atoms with Gasteiger partial charge in [0.05, 0.1) is 12.4 Å². The molecule has 0 aromatic heterocycles. The molecule has 5 heteroatoms. The van der Waals surface area contributed by atoms with Gasteiger partial charge in [-0.05, 0) is 0 Å². The first-order valence-electron chi connectivity index (χ1n) is 4.70. The molecule has 0 spiro atoms. The number of aliphatic imine (C=N–C) groups is 2. The van der Waals surface area contributed by atoms with Gasteiger partial charge < -0.3 is 14.2 Å². The summed E-state index contributed by atoms with van der Waals surface area (Å²) in [7, 11) is 0. The molecule has 0 aromatic carbocycles. The second kappa shape index (κ2) is 5.31. The maximum Gasteiger partial charge on any atom is 0.140 e. The van der Waals surface area contributed by atoms with E-state index in [1.165, 1.54) is 0 Å². The minimum Gasteiger partial charge on any atom is -0.488 e. The highest BCUT2D eigenvalue weighted by atomic mass is 16.5. The fourth-order valence-electron chi connectivity index (χ4n) is 1.13. The number of hydrogen-bond acceptors (Lipinski definition) is 5. The Morgan fingerprint density at radius 3 is 1.93 bits per heavy atom. The highest BCUT2D eigenvalue weighted by molar-refractivity contribution is 5.61. The molecule has 0 aromatic rings. The molecule has 2 rings (SSSR count). The van der Waals surface area contributed by atoms with Crippen molar-refractivity contribution in [3.63, 3.8) is 0 Å². The number of ether oxygens (including phenoxy) is 3. The first-order valence-corrected chi connectivity index (χ1v) is 4.70. The molecule has 0 atom stereocenters. The van der Waals surface area contributed by atoms with Crippen molar-refractivity contribution in [3.8, 4) is 0 Å². The largest absolute Gasteiger partial charge is 0.488 e. The lowest BCUT2D eigenvalue weighted by Crippen LogP contribution is -2.11. The van der Waals surface area contributed by atoms with Crippen molar-refractivity contribution in [3.05, 3.63) is 23.9 Å². The van der Waals surface area contributed by atoms with Crippen LogP contribution in [0.4, 0.5) is 0 Å². The van der Waals surface area contributed by atoms with Crippen LogP contribution in [0.2, 0.25) is 0 Å². The summed E-state index contributed by atoms with van der Waals surface area (Å²) in [5.41, 5.74) is 0. The van der Waals surface area contributed by atoms with Gasteiger partial charge in [-0.15, -0.1) is 0 Å². The summed E-state index contributed by atoms with van der Waals surface area (Å²) in [6.45, 7) is 1.83. The Morgan fingerprint density at radius 2 is 1.53 bits per heavy atom. The first-order chi connectivity index (χ1) is 7.45. The molecule has 80 valence electrons. The molecule has 15 heavy (non-hydrogen) atoms. The van der Waals surface area contributed by atoms with Crippen LogP contribution in [-0.2, 0) is 14.2 Å². The van der Waals surface area contributed by atoms with Crippen LogP contribution in [0.5, 0.6) is 0 Å². The molecule has 0 saturated heterocycles. The fourth-order valence-corrected chi connectivity index (χ4v) is 1.13. The van der Waals surface area contributed by atoms with Crippen molar-refractivity contribution in [1.82, 2.24) is 0 Å². The summed E-state index contributed by atoms with van der Waals surface area (Å²) < 4.78 is 15.9. The zero-order valence-electron chi connectivity index (χ0n) is 8.26. The maximum atomic E-state index is 5.38. The Bertz CT molecular complexity index is 300. The molecule has 2 aliphatic heterocycles. The molecular formula is C10H12N2O3. The van der Waals surface area contributed by atoms with Crippen molar-refractivity contribution >= 4 is 12.4 Å². The van der Waals surface area contributed by atoms with E-state index in [0.717, 1.165) is 11.5 Å². The lowest BCUT2D eigenvalue weighted by Gasteiger charge is -2.13. The van der Waals surface area contributed by atoms with E-state index in [1.54, 1.807) is 24.8 Å². The van der Waals surface area contributed by atoms with E-state index in [9.17, 15) is 0 Å². The van der Waals surface area contributed by atoms with Gasteiger partial charge in [-0.2, -0.15) is 0 Å². The van der Waals surface area contributed by atoms with E-state index in [-0.39, 0.29) is 0 Å². The highest BCUT2D eigenvalue weighted by Gasteiger charge is 2.04. The molecule has 0 amide bonds. The Labute approximate surface area is 87.8 Å². The Hall–Kier alpha value is -1.62. The third kappa shape index (κ3) is 3.21. The van der Waals surface area contributed by atoms with Gasteiger partial charge in [0.2, 0.25) is 0 Å². The Balaban J connectivity index is 1.70. The molecule has 0 fully saturated rings.